The molecule has 0 saturated carbocycles. The van der Waals surface area contributed by atoms with Crippen LogP contribution in [0.4, 0.5) is 4.39 Å². The Labute approximate surface area is 120 Å². The average Bonchev–Trinajstić information content (AvgIpc) is 2.87. The molecule has 0 unspecified atom stereocenters. The maximum absolute atomic E-state index is 13.3. The zero-order valence-electron chi connectivity index (χ0n) is 10.9. The van der Waals surface area contributed by atoms with Crippen molar-refractivity contribution in [2.75, 3.05) is 7.11 Å². The summed E-state index contributed by atoms with van der Waals surface area (Å²) < 4.78 is 25.3. The highest BCUT2D eigenvalue weighted by Crippen LogP contribution is 2.28. The highest BCUT2D eigenvalue weighted by atomic mass is 32.1. The van der Waals surface area contributed by atoms with E-state index in [2.05, 4.69) is 0 Å². The SMILES string of the molecule is COc1cccc(OCc2csc3ccc(F)cc23)c1. The predicted octanol–water partition coefficient (Wildman–Crippen LogP) is 4.63. The van der Waals surface area contributed by atoms with E-state index < -0.39 is 0 Å². The molecular formula is C16H13FO2S. The van der Waals surface area contributed by atoms with Gasteiger partial charge in [-0.05, 0) is 35.7 Å². The van der Waals surface area contributed by atoms with E-state index in [4.69, 9.17) is 9.47 Å². The fourth-order valence-corrected chi connectivity index (χ4v) is 2.95. The Morgan fingerprint density at radius 2 is 1.95 bits per heavy atom. The third-order valence-corrected chi connectivity index (χ3v) is 4.06. The fraction of sp³-hybridized carbons (Fsp3) is 0.125. The lowest BCUT2D eigenvalue weighted by molar-refractivity contribution is 0.305. The monoisotopic (exact) mass is 288 g/mol. The van der Waals surface area contributed by atoms with Crippen molar-refractivity contribution in [3.8, 4) is 11.5 Å². The largest absolute Gasteiger partial charge is 0.497 e. The number of methoxy groups -OCH3 is 1. The number of hydrogen-bond donors (Lipinski definition) is 0. The van der Waals surface area contributed by atoms with Gasteiger partial charge >= 0.3 is 0 Å². The molecule has 2 aromatic carbocycles. The van der Waals surface area contributed by atoms with E-state index in [1.807, 2.05) is 29.6 Å². The number of hydrogen-bond acceptors (Lipinski definition) is 3. The second-order valence-corrected chi connectivity index (χ2v) is 5.28. The highest BCUT2D eigenvalue weighted by Gasteiger charge is 2.06. The van der Waals surface area contributed by atoms with E-state index in [0.717, 1.165) is 27.1 Å². The first kappa shape index (κ1) is 12.9. The van der Waals surface area contributed by atoms with Gasteiger partial charge in [0.25, 0.3) is 0 Å². The first-order chi connectivity index (χ1) is 9.76. The predicted molar refractivity (Wildman–Crippen MR) is 79.1 cm³/mol. The Bertz CT molecular complexity index is 736. The fourth-order valence-electron chi connectivity index (χ4n) is 2.02. The third-order valence-electron chi connectivity index (χ3n) is 3.05. The van der Waals surface area contributed by atoms with Gasteiger partial charge in [0.05, 0.1) is 7.11 Å². The van der Waals surface area contributed by atoms with Gasteiger partial charge in [0.2, 0.25) is 0 Å². The van der Waals surface area contributed by atoms with Gasteiger partial charge in [-0.15, -0.1) is 11.3 Å². The summed E-state index contributed by atoms with van der Waals surface area (Å²) in [4.78, 5) is 0. The Balaban J connectivity index is 1.81. The summed E-state index contributed by atoms with van der Waals surface area (Å²) in [6, 6.07) is 12.3. The summed E-state index contributed by atoms with van der Waals surface area (Å²) in [5.41, 5.74) is 0.993. The normalized spacial score (nSPS) is 10.7. The molecule has 2 nitrogen and oxygen atoms in total. The van der Waals surface area contributed by atoms with E-state index in [-0.39, 0.29) is 5.82 Å². The van der Waals surface area contributed by atoms with Gasteiger partial charge in [-0.3, -0.25) is 0 Å². The van der Waals surface area contributed by atoms with Crippen LogP contribution < -0.4 is 9.47 Å². The highest BCUT2D eigenvalue weighted by molar-refractivity contribution is 7.17. The maximum Gasteiger partial charge on any atom is 0.123 e. The van der Waals surface area contributed by atoms with Crippen molar-refractivity contribution in [1.82, 2.24) is 0 Å². The van der Waals surface area contributed by atoms with Crippen molar-refractivity contribution in [3.05, 3.63) is 59.2 Å². The minimum absolute atomic E-state index is 0.224. The molecule has 0 N–H and O–H groups in total. The second-order valence-electron chi connectivity index (χ2n) is 4.37. The number of fused-ring (bicyclic) bond motifs is 1. The minimum atomic E-state index is -0.224. The van der Waals surface area contributed by atoms with Gasteiger partial charge in [0.1, 0.15) is 23.9 Å². The molecule has 0 aliphatic heterocycles. The van der Waals surface area contributed by atoms with E-state index >= 15 is 0 Å². The van der Waals surface area contributed by atoms with Crippen LogP contribution in [0.2, 0.25) is 0 Å². The summed E-state index contributed by atoms with van der Waals surface area (Å²) in [6.45, 7) is 0.413. The molecule has 3 rings (SSSR count). The molecule has 0 fully saturated rings. The smallest absolute Gasteiger partial charge is 0.123 e. The molecular weight excluding hydrogens is 275 g/mol. The molecule has 102 valence electrons. The molecule has 0 aliphatic rings. The molecule has 3 aromatic rings. The Kier molecular flexibility index (Phi) is 3.56. The minimum Gasteiger partial charge on any atom is -0.497 e. The number of benzene rings is 2. The van der Waals surface area contributed by atoms with Crippen LogP contribution >= 0.6 is 11.3 Å². The molecule has 4 heteroatoms. The topological polar surface area (TPSA) is 18.5 Å². The first-order valence-corrected chi connectivity index (χ1v) is 7.07. The van der Waals surface area contributed by atoms with Gasteiger partial charge in [-0.25, -0.2) is 4.39 Å². The molecule has 0 atom stereocenters. The third kappa shape index (κ3) is 2.60. The van der Waals surface area contributed by atoms with Crippen molar-refractivity contribution in [2.45, 2.75) is 6.61 Å². The van der Waals surface area contributed by atoms with Crippen LogP contribution in [-0.2, 0) is 6.61 Å². The molecule has 1 aromatic heterocycles. The summed E-state index contributed by atoms with van der Waals surface area (Å²) in [5, 5.41) is 2.92. The van der Waals surface area contributed by atoms with Crippen LogP contribution in [0.1, 0.15) is 5.56 Å². The van der Waals surface area contributed by atoms with E-state index in [0.29, 0.717) is 6.61 Å². The molecule has 0 spiro atoms. The van der Waals surface area contributed by atoms with Crippen molar-refractivity contribution < 1.29 is 13.9 Å². The summed E-state index contributed by atoms with van der Waals surface area (Å²) in [5.74, 6) is 1.27. The summed E-state index contributed by atoms with van der Waals surface area (Å²) in [6.07, 6.45) is 0. The quantitative estimate of drug-likeness (QED) is 0.697. The number of halogens is 1. The van der Waals surface area contributed by atoms with Crippen LogP contribution in [0.3, 0.4) is 0 Å². The molecule has 20 heavy (non-hydrogen) atoms. The van der Waals surface area contributed by atoms with Gasteiger partial charge in [-0.2, -0.15) is 0 Å². The van der Waals surface area contributed by atoms with Crippen molar-refractivity contribution in [3.63, 3.8) is 0 Å². The first-order valence-electron chi connectivity index (χ1n) is 6.19. The average molecular weight is 288 g/mol. The molecule has 0 bridgehead atoms. The van der Waals surface area contributed by atoms with Crippen LogP contribution in [0, 0.1) is 5.82 Å². The lowest BCUT2D eigenvalue weighted by Gasteiger charge is -2.07. The molecule has 1 heterocycles. The van der Waals surface area contributed by atoms with Crippen LogP contribution in [-0.4, -0.2) is 7.11 Å². The molecule has 0 saturated heterocycles. The van der Waals surface area contributed by atoms with E-state index in [1.54, 1.807) is 30.6 Å². The standard InChI is InChI=1S/C16H13FO2S/c1-18-13-3-2-4-14(8-13)19-9-11-10-20-16-6-5-12(17)7-15(11)16/h2-8,10H,9H2,1H3. The van der Waals surface area contributed by atoms with Crippen molar-refractivity contribution >= 4 is 21.4 Å². The van der Waals surface area contributed by atoms with Crippen LogP contribution in [0.25, 0.3) is 10.1 Å². The summed E-state index contributed by atoms with van der Waals surface area (Å²) in [7, 11) is 1.62. The van der Waals surface area contributed by atoms with Crippen molar-refractivity contribution in [1.29, 1.82) is 0 Å². The Hall–Kier alpha value is -2.07. The van der Waals surface area contributed by atoms with Crippen LogP contribution in [0.5, 0.6) is 11.5 Å². The van der Waals surface area contributed by atoms with Gasteiger partial charge in [0.15, 0.2) is 0 Å². The van der Waals surface area contributed by atoms with Gasteiger partial charge in [0, 0.05) is 21.7 Å². The zero-order chi connectivity index (χ0) is 13.9. The second kappa shape index (κ2) is 5.51. The van der Waals surface area contributed by atoms with Gasteiger partial charge in [-0.1, -0.05) is 6.07 Å². The molecule has 0 radical (unpaired) electrons. The Morgan fingerprint density at radius 3 is 2.80 bits per heavy atom. The van der Waals surface area contributed by atoms with E-state index in [9.17, 15) is 4.39 Å². The number of rotatable bonds is 4. The van der Waals surface area contributed by atoms with Gasteiger partial charge < -0.3 is 9.47 Å². The Morgan fingerprint density at radius 1 is 1.10 bits per heavy atom. The lowest BCUT2D eigenvalue weighted by Crippen LogP contribution is -1.95. The maximum atomic E-state index is 13.3. The van der Waals surface area contributed by atoms with Crippen molar-refractivity contribution in [2.24, 2.45) is 0 Å². The molecule has 0 aliphatic carbocycles. The number of ether oxygens (including phenoxy) is 2. The molecule has 0 amide bonds. The summed E-state index contributed by atoms with van der Waals surface area (Å²) >= 11 is 1.59. The van der Waals surface area contributed by atoms with E-state index in [1.165, 1.54) is 6.07 Å². The lowest BCUT2D eigenvalue weighted by atomic mass is 10.2. The zero-order valence-corrected chi connectivity index (χ0v) is 11.7. The number of thiophene rings is 1. The van der Waals surface area contributed by atoms with Crippen LogP contribution in [0.15, 0.2) is 47.8 Å².